The van der Waals surface area contributed by atoms with E-state index >= 15 is 0 Å². The molecule has 7 nitrogen and oxygen atoms in total. The fourth-order valence-electron chi connectivity index (χ4n) is 4.22. The Morgan fingerprint density at radius 2 is 2.03 bits per heavy atom. The Morgan fingerprint density at radius 3 is 2.77 bits per heavy atom. The quantitative estimate of drug-likeness (QED) is 0.771. The molecule has 1 amide bonds. The first-order valence-corrected chi connectivity index (χ1v) is 10.2. The number of nitrogens with one attached hydrogen (secondary N) is 1. The number of pyridine rings is 1. The van der Waals surface area contributed by atoms with Gasteiger partial charge in [0.15, 0.2) is 0 Å². The van der Waals surface area contributed by atoms with Crippen LogP contribution in [-0.2, 0) is 4.74 Å². The number of ether oxygens (including phenoxy) is 2. The highest BCUT2D eigenvalue weighted by molar-refractivity contribution is 5.92. The number of nitrogens with zero attached hydrogens (tertiary/aromatic N) is 2. The maximum atomic E-state index is 13.5. The van der Waals surface area contributed by atoms with Crippen molar-refractivity contribution < 1.29 is 23.8 Å². The molecule has 0 bridgehead atoms. The van der Waals surface area contributed by atoms with E-state index < -0.39 is 18.0 Å². The lowest BCUT2D eigenvalue weighted by molar-refractivity contribution is -0.0350. The van der Waals surface area contributed by atoms with Gasteiger partial charge in [0.1, 0.15) is 29.5 Å². The number of aliphatic hydroxyl groups excluding tert-OH is 1. The van der Waals surface area contributed by atoms with Crippen LogP contribution in [0.3, 0.4) is 0 Å². The van der Waals surface area contributed by atoms with Crippen molar-refractivity contribution >= 4 is 5.91 Å². The maximum absolute atomic E-state index is 13.5. The minimum absolute atomic E-state index is 0.291. The van der Waals surface area contributed by atoms with Crippen LogP contribution < -0.4 is 10.1 Å². The van der Waals surface area contributed by atoms with E-state index in [1.54, 1.807) is 24.3 Å². The van der Waals surface area contributed by atoms with Crippen molar-refractivity contribution in [3.8, 4) is 5.75 Å². The summed E-state index contributed by atoms with van der Waals surface area (Å²) < 4.78 is 24.9. The highest BCUT2D eigenvalue weighted by Gasteiger charge is 2.47. The molecule has 1 aromatic heterocycles. The van der Waals surface area contributed by atoms with Crippen LogP contribution in [0.4, 0.5) is 4.39 Å². The fourth-order valence-corrected chi connectivity index (χ4v) is 4.22. The molecular formula is C22H26FN3O4. The van der Waals surface area contributed by atoms with Crippen molar-refractivity contribution in [1.82, 2.24) is 15.2 Å². The molecule has 1 saturated carbocycles. The number of amides is 1. The molecule has 8 heteroatoms. The third-order valence-corrected chi connectivity index (χ3v) is 5.62. The molecule has 0 radical (unpaired) electrons. The second kappa shape index (κ2) is 9.07. The molecule has 1 aliphatic heterocycles. The summed E-state index contributed by atoms with van der Waals surface area (Å²) in [5, 5.41) is 14.1. The molecular weight excluding hydrogens is 389 g/mol. The van der Waals surface area contributed by atoms with E-state index in [4.69, 9.17) is 9.47 Å². The van der Waals surface area contributed by atoms with Gasteiger partial charge >= 0.3 is 0 Å². The van der Waals surface area contributed by atoms with E-state index in [0.29, 0.717) is 44.2 Å². The summed E-state index contributed by atoms with van der Waals surface area (Å²) in [6.45, 7) is 4.28. The Kier molecular flexibility index (Phi) is 6.26. The smallest absolute Gasteiger partial charge is 0.270 e. The molecule has 2 aromatic rings. The largest absolute Gasteiger partial charge is 0.487 e. The number of carbonyl (C=O) groups excluding carboxylic acids is 1. The second-order valence-electron chi connectivity index (χ2n) is 7.72. The molecule has 2 heterocycles. The Hall–Kier alpha value is -2.55. The number of aryl methyl sites for hydroxylation is 1. The van der Waals surface area contributed by atoms with Crippen LogP contribution in [0.2, 0.25) is 0 Å². The predicted octanol–water partition coefficient (Wildman–Crippen LogP) is 1.54. The van der Waals surface area contributed by atoms with Crippen LogP contribution in [0, 0.1) is 12.7 Å². The van der Waals surface area contributed by atoms with Crippen LogP contribution in [-0.4, -0.2) is 71.5 Å². The van der Waals surface area contributed by atoms with Crippen LogP contribution >= 0.6 is 0 Å². The predicted molar refractivity (Wildman–Crippen MR) is 108 cm³/mol. The average Bonchev–Trinajstić information content (AvgIpc) is 3.03. The summed E-state index contributed by atoms with van der Waals surface area (Å²) in [6.07, 6.45) is -1.02. The van der Waals surface area contributed by atoms with Crippen LogP contribution in [0.25, 0.3) is 0 Å². The van der Waals surface area contributed by atoms with Gasteiger partial charge in [-0.3, -0.25) is 9.69 Å². The Morgan fingerprint density at radius 1 is 1.27 bits per heavy atom. The molecule has 0 spiro atoms. The molecule has 4 atom stereocenters. The van der Waals surface area contributed by atoms with Crippen LogP contribution in [0.5, 0.6) is 5.75 Å². The van der Waals surface area contributed by atoms with Crippen molar-refractivity contribution in [2.24, 2.45) is 0 Å². The zero-order valence-electron chi connectivity index (χ0n) is 16.8. The van der Waals surface area contributed by atoms with Gasteiger partial charge in [-0.2, -0.15) is 0 Å². The molecule has 1 saturated heterocycles. The summed E-state index contributed by atoms with van der Waals surface area (Å²) in [5.74, 6) is -0.340. The van der Waals surface area contributed by atoms with Crippen molar-refractivity contribution in [2.45, 2.75) is 37.6 Å². The molecule has 2 fully saturated rings. The number of aromatic nitrogens is 1. The zero-order valence-corrected chi connectivity index (χ0v) is 16.8. The van der Waals surface area contributed by atoms with Gasteiger partial charge < -0.3 is 19.9 Å². The average molecular weight is 415 g/mol. The highest BCUT2D eigenvalue weighted by atomic mass is 19.1. The van der Waals surface area contributed by atoms with Crippen molar-refractivity contribution in [3.05, 3.63) is 59.7 Å². The number of aliphatic hydroxyl groups is 1. The van der Waals surface area contributed by atoms with E-state index in [1.807, 2.05) is 13.0 Å². The molecule has 2 N–H and O–H groups in total. The second-order valence-corrected chi connectivity index (χ2v) is 7.72. The number of carbonyl (C=O) groups is 1. The Labute approximate surface area is 174 Å². The molecule has 1 aromatic carbocycles. The van der Waals surface area contributed by atoms with E-state index in [1.165, 1.54) is 12.1 Å². The standard InChI is InChI=1S/C22H26FN3O4/c1-14-4-2-7-17(24-14)22(28)25-18-13-19(30-16-6-3-5-15(23)12-16)21(27)20(18)26-8-10-29-11-9-26/h2-7,12,18-21,27H,8-11,13H2,1H3,(H,25,28)/t18-,19-,20+,21+/m1/s1. The van der Waals surface area contributed by atoms with Crippen molar-refractivity contribution in [2.75, 3.05) is 26.3 Å². The lowest BCUT2D eigenvalue weighted by atomic mass is 10.1. The summed E-state index contributed by atoms with van der Waals surface area (Å²) in [5.41, 5.74) is 1.09. The van der Waals surface area contributed by atoms with Crippen LogP contribution in [0.1, 0.15) is 22.6 Å². The SMILES string of the molecule is Cc1cccc(C(=O)N[C@@H]2C[C@@H](Oc3cccc(F)c3)[C@H](O)[C@H]2N2CCOCC2)n1. The summed E-state index contributed by atoms with van der Waals surface area (Å²) >= 11 is 0. The first kappa shape index (κ1) is 20.7. The third-order valence-electron chi connectivity index (χ3n) is 5.62. The van der Waals surface area contributed by atoms with Crippen molar-refractivity contribution in [3.63, 3.8) is 0 Å². The van der Waals surface area contributed by atoms with E-state index in [-0.39, 0.29) is 18.0 Å². The summed E-state index contributed by atoms with van der Waals surface area (Å²) in [6, 6.07) is 10.5. The normalized spacial score (nSPS) is 27.0. The Balaban J connectivity index is 1.53. The molecule has 1 aliphatic carbocycles. The summed E-state index contributed by atoms with van der Waals surface area (Å²) in [7, 11) is 0. The summed E-state index contributed by atoms with van der Waals surface area (Å²) in [4.78, 5) is 19.2. The number of hydrogen-bond donors (Lipinski definition) is 2. The van der Waals surface area contributed by atoms with E-state index in [0.717, 1.165) is 5.69 Å². The number of halogens is 1. The van der Waals surface area contributed by atoms with Gasteiger partial charge in [0.05, 0.1) is 25.3 Å². The Bertz CT molecular complexity index is 890. The first-order chi connectivity index (χ1) is 14.5. The number of morpholine rings is 1. The lowest BCUT2D eigenvalue weighted by Gasteiger charge is -2.37. The monoisotopic (exact) mass is 415 g/mol. The molecule has 4 rings (SSSR count). The minimum atomic E-state index is -0.845. The third kappa shape index (κ3) is 4.61. The van der Waals surface area contributed by atoms with Gasteiger partial charge in [-0.15, -0.1) is 0 Å². The van der Waals surface area contributed by atoms with Gasteiger partial charge in [0.25, 0.3) is 5.91 Å². The van der Waals surface area contributed by atoms with Crippen molar-refractivity contribution in [1.29, 1.82) is 0 Å². The first-order valence-electron chi connectivity index (χ1n) is 10.2. The van der Waals surface area contributed by atoms with Gasteiger partial charge in [0.2, 0.25) is 0 Å². The number of benzene rings is 1. The molecule has 30 heavy (non-hydrogen) atoms. The molecule has 160 valence electrons. The lowest BCUT2D eigenvalue weighted by Crippen LogP contribution is -2.56. The molecule has 2 aliphatic rings. The zero-order chi connectivity index (χ0) is 21.1. The minimum Gasteiger partial charge on any atom is -0.487 e. The van der Waals surface area contributed by atoms with Gasteiger partial charge in [-0.25, -0.2) is 9.37 Å². The topological polar surface area (TPSA) is 83.9 Å². The van der Waals surface area contributed by atoms with Gasteiger partial charge in [0, 0.05) is 31.3 Å². The maximum Gasteiger partial charge on any atom is 0.270 e. The van der Waals surface area contributed by atoms with Gasteiger partial charge in [-0.1, -0.05) is 12.1 Å². The van der Waals surface area contributed by atoms with Gasteiger partial charge in [-0.05, 0) is 31.2 Å². The van der Waals surface area contributed by atoms with E-state index in [2.05, 4.69) is 15.2 Å². The number of rotatable bonds is 5. The highest BCUT2D eigenvalue weighted by Crippen LogP contribution is 2.30. The number of hydrogen-bond acceptors (Lipinski definition) is 6. The van der Waals surface area contributed by atoms with E-state index in [9.17, 15) is 14.3 Å². The molecule has 0 unspecified atom stereocenters. The van der Waals surface area contributed by atoms with Crippen LogP contribution in [0.15, 0.2) is 42.5 Å². The fraction of sp³-hybridized carbons (Fsp3) is 0.455.